The molecule has 1 aromatic rings. The van der Waals surface area contributed by atoms with Crippen LogP contribution in [0.3, 0.4) is 0 Å². The number of ether oxygens (including phenoxy) is 1. The molecule has 1 atom stereocenters. The van der Waals surface area contributed by atoms with Crippen molar-refractivity contribution in [2.45, 2.75) is 51.4 Å². The lowest BCUT2D eigenvalue weighted by atomic mass is 9.69. The normalized spacial score (nSPS) is 20.2. The molecular formula is C16H24O. The fourth-order valence-electron chi connectivity index (χ4n) is 3.39. The van der Waals surface area contributed by atoms with Gasteiger partial charge in [-0.05, 0) is 41.9 Å². The monoisotopic (exact) mass is 232 g/mol. The van der Waals surface area contributed by atoms with Gasteiger partial charge in [0.2, 0.25) is 0 Å². The average Bonchev–Trinajstić information content (AvgIpc) is 2.88. The zero-order valence-corrected chi connectivity index (χ0v) is 11.3. The molecule has 1 nitrogen and oxygen atoms in total. The maximum Gasteiger partial charge on any atom is 0.118 e. The molecule has 0 heterocycles. The lowest BCUT2D eigenvalue weighted by molar-refractivity contribution is 0.284. The van der Waals surface area contributed by atoms with Crippen molar-refractivity contribution in [2.24, 2.45) is 5.92 Å². The van der Waals surface area contributed by atoms with Crippen LogP contribution >= 0.6 is 0 Å². The van der Waals surface area contributed by atoms with E-state index in [4.69, 9.17) is 4.74 Å². The van der Waals surface area contributed by atoms with Gasteiger partial charge in [-0.1, -0.05) is 45.2 Å². The van der Waals surface area contributed by atoms with Gasteiger partial charge in [-0.2, -0.15) is 0 Å². The molecule has 1 saturated carbocycles. The van der Waals surface area contributed by atoms with Crippen molar-refractivity contribution >= 4 is 0 Å². The number of hydrogen-bond donors (Lipinski definition) is 0. The van der Waals surface area contributed by atoms with E-state index in [-0.39, 0.29) is 0 Å². The summed E-state index contributed by atoms with van der Waals surface area (Å²) in [5.41, 5.74) is 1.95. The van der Waals surface area contributed by atoms with E-state index in [1.807, 2.05) is 0 Å². The van der Waals surface area contributed by atoms with E-state index >= 15 is 0 Å². The molecule has 1 aliphatic rings. The second-order valence-corrected chi connectivity index (χ2v) is 5.40. The van der Waals surface area contributed by atoms with Gasteiger partial charge in [-0.15, -0.1) is 0 Å². The van der Waals surface area contributed by atoms with E-state index < -0.39 is 0 Å². The molecule has 94 valence electrons. The van der Waals surface area contributed by atoms with Crippen LogP contribution in [0.15, 0.2) is 24.3 Å². The van der Waals surface area contributed by atoms with Crippen LogP contribution in [0.25, 0.3) is 0 Å². The van der Waals surface area contributed by atoms with Crippen molar-refractivity contribution in [3.8, 4) is 5.75 Å². The van der Waals surface area contributed by atoms with Crippen molar-refractivity contribution in [1.82, 2.24) is 0 Å². The van der Waals surface area contributed by atoms with Gasteiger partial charge in [-0.25, -0.2) is 0 Å². The third kappa shape index (κ3) is 2.20. The van der Waals surface area contributed by atoms with E-state index in [1.54, 1.807) is 7.11 Å². The Morgan fingerprint density at radius 2 is 1.76 bits per heavy atom. The third-order valence-electron chi connectivity index (χ3n) is 4.72. The quantitative estimate of drug-likeness (QED) is 0.740. The van der Waals surface area contributed by atoms with E-state index in [0.717, 1.165) is 11.7 Å². The smallest absolute Gasteiger partial charge is 0.118 e. The van der Waals surface area contributed by atoms with Gasteiger partial charge in [0, 0.05) is 0 Å². The predicted octanol–water partition coefficient (Wildman–Crippen LogP) is 4.55. The molecule has 0 N–H and O–H groups in total. The molecule has 1 unspecified atom stereocenters. The Hall–Kier alpha value is -0.980. The highest BCUT2D eigenvalue weighted by molar-refractivity contribution is 5.33. The number of methoxy groups -OCH3 is 1. The molecule has 0 saturated heterocycles. The highest BCUT2D eigenvalue weighted by atomic mass is 16.5. The van der Waals surface area contributed by atoms with Crippen LogP contribution in [-0.2, 0) is 5.41 Å². The van der Waals surface area contributed by atoms with Gasteiger partial charge in [-0.3, -0.25) is 0 Å². The number of benzene rings is 1. The van der Waals surface area contributed by atoms with Crippen LogP contribution in [0, 0.1) is 5.92 Å². The number of rotatable bonds is 4. The average molecular weight is 232 g/mol. The lowest BCUT2D eigenvalue weighted by Crippen LogP contribution is -2.30. The summed E-state index contributed by atoms with van der Waals surface area (Å²) < 4.78 is 5.25. The molecule has 0 spiro atoms. The van der Waals surface area contributed by atoms with Gasteiger partial charge >= 0.3 is 0 Å². The van der Waals surface area contributed by atoms with Crippen molar-refractivity contribution in [2.75, 3.05) is 7.11 Å². The summed E-state index contributed by atoms with van der Waals surface area (Å²) in [7, 11) is 1.73. The molecule has 0 bridgehead atoms. The zero-order chi connectivity index (χ0) is 12.3. The summed E-state index contributed by atoms with van der Waals surface area (Å²) in [6.07, 6.45) is 6.75. The highest BCUT2D eigenvalue weighted by Gasteiger charge is 2.39. The van der Waals surface area contributed by atoms with Crippen LogP contribution < -0.4 is 4.74 Å². The maximum atomic E-state index is 5.25. The van der Waals surface area contributed by atoms with Crippen molar-refractivity contribution in [1.29, 1.82) is 0 Å². The van der Waals surface area contributed by atoms with Crippen LogP contribution in [0.4, 0.5) is 0 Å². The van der Waals surface area contributed by atoms with Gasteiger partial charge < -0.3 is 4.74 Å². The summed E-state index contributed by atoms with van der Waals surface area (Å²) >= 11 is 0. The second kappa shape index (κ2) is 5.12. The summed E-state index contributed by atoms with van der Waals surface area (Å²) in [5, 5.41) is 0. The SMILES string of the molecule is CCC(C)C1(c2ccc(OC)cc2)CCCC1. The van der Waals surface area contributed by atoms with Crippen LogP contribution in [0.1, 0.15) is 51.5 Å². The van der Waals surface area contributed by atoms with Crippen LogP contribution in [0.5, 0.6) is 5.75 Å². The van der Waals surface area contributed by atoms with E-state index in [2.05, 4.69) is 38.1 Å². The minimum Gasteiger partial charge on any atom is -0.497 e. The fraction of sp³-hybridized carbons (Fsp3) is 0.625. The first kappa shape index (κ1) is 12.5. The highest BCUT2D eigenvalue weighted by Crippen LogP contribution is 2.47. The molecule has 1 aromatic carbocycles. The molecule has 1 aliphatic carbocycles. The largest absolute Gasteiger partial charge is 0.497 e. The maximum absolute atomic E-state index is 5.25. The van der Waals surface area contributed by atoms with Crippen molar-refractivity contribution in [3.05, 3.63) is 29.8 Å². The summed E-state index contributed by atoms with van der Waals surface area (Å²) in [4.78, 5) is 0. The third-order valence-corrected chi connectivity index (χ3v) is 4.72. The van der Waals surface area contributed by atoms with E-state index in [0.29, 0.717) is 5.41 Å². The summed E-state index contributed by atoms with van der Waals surface area (Å²) in [5.74, 6) is 1.74. The molecule has 0 radical (unpaired) electrons. The summed E-state index contributed by atoms with van der Waals surface area (Å²) in [6, 6.07) is 8.77. The Morgan fingerprint density at radius 1 is 1.18 bits per heavy atom. The first-order valence-electron chi connectivity index (χ1n) is 6.87. The lowest BCUT2D eigenvalue weighted by Gasteiger charge is -2.36. The van der Waals surface area contributed by atoms with Gasteiger partial charge in [0.05, 0.1) is 7.11 Å². The van der Waals surface area contributed by atoms with Gasteiger partial charge in [0.15, 0.2) is 0 Å². The Morgan fingerprint density at radius 3 is 2.24 bits per heavy atom. The first-order valence-corrected chi connectivity index (χ1v) is 6.87. The van der Waals surface area contributed by atoms with Gasteiger partial charge in [0.1, 0.15) is 5.75 Å². The Balaban J connectivity index is 2.32. The van der Waals surface area contributed by atoms with Crippen molar-refractivity contribution in [3.63, 3.8) is 0 Å². The van der Waals surface area contributed by atoms with E-state index in [9.17, 15) is 0 Å². The van der Waals surface area contributed by atoms with Crippen LogP contribution in [-0.4, -0.2) is 7.11 Å². The van der Waals surface area contributed by atoms with Crippen LogP contribution in [0.2, 0.25) is 0 Å². The molecular weight excluding hydrogens is 208 g/mol. The minimum absolute atomic E-state index is 0.432. The van der Waals surface area contributed by atoms with E-state index in [1.165, 1.54) is 37.7 Å². The molecule has 0 aliphatic heterocycles. The molecule has 1 fully saturated rings. The predicted molar refractivity (Wildman–Crippen MR) is 72.6 cm³/mol. The fourth-order valence-corrected chi connectivity index (χ4v) is 3.39. The molecule has 0 aromatic heterocycles. The topological polar surface area (TPSA) is 9.23 Å². The molecule has 17 heavy (non-hydrogen) atoms. The minimum atomic E-state index is 0.432. The Kier molecular flexibility index (Phi) is 3.76. The first-order chi connectivity index (χ1) is 8.23. The summed E-state index contributed by atoms with van der Waals surface area (Å²) in [6.45, 7) is 4.73. The standard InChI is InChI=1S/C16H24O/c1-4-13(2)16(11-5-6-12-16)14-7-9-15(17-3)10-8-14/h7-10,13H,4-6,11-12H2,1-3H3. The Labute approximate surface area is 105 Å². The second-order valence-electron chi connectivity index (χ2n) is 5.40. The number of hydrogen-bond acceptors (Lipinski definition) is 1. The molecule has 0 amide bonds. The van der Waals surface area contributed by atoms with Crippen molar-refractivity contribution < 1.29 is 4.74 Å². The van der Waals surface area contributed by atoms with Gasteiger partial charge in [0.25, 0.3) is 0 Å². The molecule has 2 rings (SSSR count). The zero-order valence-electron chi connectivity index (χ0n) is 11.3. The molecule has 1 heteroatoms. The Bertz CT molecular complexity index is 346.